The lowest BCUT2D eigenvalue weighted by Gasteiger charge is -2.18. The van der Waals surface area contributed by atoms with Gasteiger partial charge < -0.3 is 15.4 Å². The third-order valence-corrected chi connectivity index (χ3v) is 4.48. The van der Waals surface area contributed by atoms with Crippen molar-refractivity contribution in [2.24, 2.45) is 0 Å². The van der Waals surface area contributed by atoms with Gasteiger partial charge in [0.15, 0.2) is 0 Å². The highest BCUT2D eigenvalue weighted by atomic mass is 16.5. The molecule has 4 nitrogen and oxygen atoms in total. The van der Waals surface area contributed by atoms with E-state index in [0.29, 0.717) is 6.61 Å². The first-order chi connectivity index (χ1) is 13.7. The van der Waals surface area contributed by atoms with Crippen LogP contribution in [-0.2, 0) is 11.4 Å². The number of rotatable bonds is 9. The predicted molar refractivity (Wildman–Crippen MR) is 113 cm³/mol. The molecule has 0 fully saturated rings. The Labute approximate surface area is 166 Å². The van der Waals surface area contributed by atoms with Crippen LogP contribution < -0.4 is 15.4 Å². The molecule has 3 rings (SSSR count). The molecule has 0 bridgehead atoms. The Bertz CT molecular complexity index is 866. The van der Waals surface area contributed by atoms with E-state index < -0.39 is 0 Å². The number of ether oxygens (including phenoxy) is 1. The second-order valence-corrected chi connectivity index (χ2v) is 6.59. The molecule has 0 spiro atoms. The van der Waals surface area contributed by atoms with Gasteiger partial charge >= 0.3 is 0 Å². The molecule has 4 heteroatoms. The van der Waals surface area contributed by atoms with E-state index >= 15 is 0 Å². The summed E-state index contributed by atoms with van der Waals surface area (Å²) >= 11 is 0. The van der Waals surface area contributed by atoms with Gasteiger partial charge in [0.1, 0.15) is 12.4 Å². The summed E-state index contributed by atoms with van der Waals surface area (Å²) in [5.74, 6) is 0.733. The molecule has 2 N–H and O–H groups in total. The van der Waals surface area contributed by atoms with Crippen LogP contribution in [0.25, 0.3) is 0 Å². The van der Waals surface area contributed by atoms with Crippen LogP contribution >= 0.6 is 0 Å². The van der Waals surface area contributed by atoms with Crippen LogP contribution in [0.1, 0.15) is 30.5 Å². The van der Waals surface area contributed by atoms with Crippen LogP contribution in [0.3, 0.4) is 0 Å². The van der Waals surface area contributed by atoms with Crippen molar-refractivity contribution in [3.05, 3.63) is 96.1 Å². The van der Waals surface area contributed by atoms with Crippen molar-refractivity contribution in [3.63, 3.8) is 0 Å². The third-order valence-electron chi connectivity index (χ3n) is 4.48. The molecule has 3 aromatic carbocycles. The van der Waals surface area contributed by atoms with E-state index in [0.717, 1.165) is 29.0 Å². The lowest BCUT2D eigenvalue weighted by Crippen LogP contribution is -2.33. The van der Waals surface area contributed by atoms with Gasteiger partial charge in [-0.05, 0) is 29.7 Å². The topological polar surface area (TPSA) is 50.4 Å². The summed E-state index contributed by atoms with van der Waals surface area (Å²) in [6.45, 7) is 2.80. The Balaban J connectivity index is 1.50. The van der Waals surface area contributed by atoms with Gasteiger partial charge in [0.05, 0.1) is 12.6 Å². The number of anilines is 1. The molecule has 144 valence electrons. The van der Waals surface area contributed by atoms with Crippen molar-refractivity contribution < 1.29 is 9.53 Å². The van der Waals surface area contributed by atoms with Gasteiger partial charge in [-0.15, -0.1) is 0 Å². The van der Waals surface area contributed by atoms with Crippen LogP contribution in [-0.4, -0.2) is 12.5 Å². The normalized spacial score (nSPS) is 11.5. The number of benzene rings is 3. The third kappa shape index (κ3) is 5.88. The van der Waals surface area contributed by atoms with E-state index in [2.05, 4.69) is 17.6 Å². The molecule has 0 saturated heterocycles. The summed E-state index contributed by atoms with van der Waals surface area (Å²) in [5.41, 5.74) is 3.09. The molecule has 28 heavy (non-hydrogen) atoms. The summed E-state index contributed by atoms with van der Waals surface area (Å²) in [4.78, 5) is 12.3. The van der Waals surface area contributed by atoms with Crippen LogP contribution in [0.5, 0.6) is 5.75 Å². The van der Waals surface area contributed by atoms with Gasteiger partial charge in [-0.3, -0.25) is 4.79 Å². The van der Waals surface area contributed by atoms with E-state index in [9.17, 15) is 4.79 Å². The fourth-order valence-corrected chi connectivity index (χ4v) is 2.97. The number of amides is 1. The maximum Gasteiger partial charge on any atom is 0.239 e. The zero-order valence-electron chi connectivity index (χ0n) is 16.1. The fourth-order valence-electron chi connectivity index (χ4n) is 2.97. The molecule has 0 aromatic heterocycles. The second kappa shape index (κ2) is 10.2. The predicted octanol–water partition coefficient (Wildman–Crippen LogP) is 4.95. The van der Waals surface area contributed by atoms with E-state index in [-0.39, 0.29) is 18.5 Å². The first kappa shape index (κ1) is 19.5. The maximum atomic E-state index is 12.3. The molecular formula is C24H26N2O2. The Morgan fingerprint density at radius 1 is 0.929 bits per heavy atom. The smallest absolute Gasteiger partial charge is 0.239 e. The molecule has 0 aliphatic carbocycles. The van der Waals surface area contributed by atoms with E-state index in [1.165, 1.54) is 0 Å². The van der Waals surface area contributed by atoms with Gasteiger partial charge in [0, 0.05) is 11.8 Å². The Morgan fingerprint density at radius 2 is 1.64 bits per heavy atom. The van der Waals surface area contributed by atoms with Gasteiger partial charge in [-0.1, -0.05) is 73.7 Å². The standard InChI is InChI=1S/C24H26N2O2/c1-2-23(20-12-7-4-8-13-20)26-24(27)17-25-21-14-9-15-22(16-21)28-18-19-10-5-3-6-11-19/h3-16,23,25H,2,17-18H2,1H3,(H,26,27). The molecule has 1 amide bonds. The summed E-state index contributed by atoms with van der Waals surface area (Å²) in [6, 6.07) is 27.8. The molecule has 1 atom stereocenters. The minimum atomic E-state index is -0.0358. The van der Waals surface area contributed by atoms with Crippen LogP contribution in [0.15, 0.2) is 84.9 Å². The van der Waals surface area contributed by atoms with Crippen LogP contribution in [0, 0.1) is 0 Å². The Hall–Kier alpha value is -3.27. The molecule has 0 saturated carbocycles. The van der Waals surface area contributed by atoms with Crippen molar-refractivity contribution >= 4 is 11.6 Å². The molecule has 0 radical (unpaired) electrons. The van der Waals surface area contributed by atoms with E-state index in [1.54, 1.807) is 0 Å². The average molecular weight is 374 g/mol. The summed E-state index contributed by atoms with van der Waals surface area (Å²) in [5, 5.41) is 6.25. The summed E-state index contributed by atoms with van der Waals surface area (Å²) < 4.78 is 5.84. The van der Waals surface area contributed by atoms with Crippen molar-refractivity contribution in [2.75, 3.05) is 11.9 Å². The molecule has 0 heterocycles. The number of carbonyl (C=O) groups excluding carboxylic acids is 1. The minimum Gasteiger partial charge on any atom is -0.489 e. The largest absolute Gasteiger partial charge is 0.489 e. The van der Waals surface area contributed by atoms with Crippen LogP contribution in [0.2, 0.25) is 0 Å². The van der Waals surface area contributed by atoms with E-state index in [4.69, 9.17) is 4.74 Å². The molecule has 0 aliphatic heterocycles. The molecule has 0 aliphatic rings. The van der Waals surface area contributed by atoms with E-state index in [1.807, 2.05) is 84.9 Å². The monoisotopic (exact) mass is 374 g/mol. The second-order valence-electron chi connectivity index (χ2n) is 6.59. The fraction of sp³-hybridized carbons (Fsp3) is 0.208. The van der Waals surface area contributed by atoms with Crippen molar-refractivity contribution in [1.82, 2.24) is 5.32 Å². The highest BCUT2D eigenvalue weighted by molar-refractivity contribution is 5.81. The molecular weight excluding hydrogens is 348 g/mol. The first-order valence-corrected chi connectivity index (χ1v) is 9.59. The van der Waals surface area contributed by atoms with Gasteiger partial charge in [-0.25, -0.2) is 0 Å². The first-order valence-electron chi connectivity index (χ1n) is 9.59. The van der Waals surface area contributed by atoms with Gasteiger partial charge in [0.2, 0.25) is 5.91 Å². The zero-order valence-corrected chi connectivity index (χ0v) is 16.1. The quantitative estimate of drug-likeness (QED) is 0.557. The zero-order chi connectivity index (χ0) is 19.6. The van der Waals surface area contributed by atoms with Crippen molar-refractivity contribution in [1.29, 1.82) is 0 Å². The van der Waals surface area contributed by atoms with Crippen molar-refractivity contribution in [2.45, 2.75) is 26.0 Å². The summed E-state index contributed by atoms with van der Waals surface area (Å²) in [7, 11) is 0. The SMILES string of the molecule is CCC(NC(=O)CNc1cccc(OCc2ccccc2)c1)c1ccccc1. The summed E-state index contributed by atoms with van der Waals surface area (Å²) in [6.07, 6.45) is 0.846. The highest BCUT2D eigenvalue weighted by Gasteiger charge is 2.12. The lowest BCUT2D eigenvalue weighted by molar-refractivity contribution is -0.120. The highest BCUT2D eigenvalue weighted by Crippen LogP contribution is 2.19. The Morgan fingerprint density at radius 3 is 2.36 bits per heavy atom. The number of hydrogen-bond donors (Lipinski definition) is 2. The van der Waals surface area contributed by atoms with Crippen LogP contribution in [0.4, 0.5) is 5.69 Å². The maximum absolute atomic E-state index is 12.3. The van der Waals surface area contributed by atoms with Crippen molar-refractivity contribution in [3.8, 4) is 5.75 Å². The molecule has 3 aromatic rings. The van der Waals surface area contributed by atoms with Gasteiger partial charge in [-0.2, -0.15) is 0 Å². The Kier molecular flexibility index (Phi) is 7.08. The number of hydrogen-bond acceptors (Lipinski definition) is 3. The van der Waals surface area contributed by atoms with Gasteiger partial charge in [0.25, 0.3) is 0 Å². The average Bonchev–Trinajstić information content (AvgIpc) is 2.76. The lowest BCUT2D eigenvalue weighted by atomic mass is 10.0. The number of nitrogens with one attached hydrogen (secondary N) is 2. The molecule has 1 unspecified atom stereocenters. The number of carbonyl (C=O) groups is 1. The minimum absolute atomic E-state index is 0.0241.